The molecule has 0 saturated heterocycles. The molecule has 2 heterocycles. The van der Waals surface area contributed by atoms with Gasteiger partial charge in [-0.15, -0.1) is 0 Å². The van der Waals surface area contributed by atoms with Crippen molar-refractivity contribution in [2.75, 3.05) is 20.2 Å². The van der Waals surface area contributed by atoms with Crippen molar-refractivity contribution in [1.82, 2.24) is 20.2 Å². The SMILES string of the molecule is COC(=O)CNC(=O)N1CCc2[nH]cnc2[C@H]1c1cccc(F)c1F. The largest absolute Gasteiger partial charge is 0.468 e. The summed E-state index contributed by atoms with van der Waals surface area (Å²) in [5.74, 6) is -2.65. The quantitative estimate of drug-likeness (QED) is 0.822. The summed E-state index contributed by atoms with van der Waals surface area (Å²) in [5, 5.41) is 2.42. The van der Waals surface area contributed by atoms with Gasteiger partial charge in [-0.2, -0.15) is 0 Å². The first-order valence-corrected chi connectivity index (χ1v) is 7.60. The molecular formula is C16H16F2N4O3. The zero-order chi connectivity index (χ0) is 18.0. The number of rotatable bonds is 3. The van der Waals surface area contributed by atoms with Crippen LogP contribution in [0.4, 0.5) is 13.6 Å². The molecule has 1 aliphatic heterocycles. The molecule has 0 spiro atoms. The third-order valence-corrected chi connectivity index (χ3v) is 4.07. The summed E-state index contributed by atoms with van der Waals surface area (Å²) in [5.41, 5.74) is 1.20. The smallest absolute Gasteiger partial charge is 0.325 e. The molecule has 2 aromatic rings. The number of esters is 1. The Morgan fingerprint density at radius 1 is 1.44 bits per heavy atom. The molecule has 7 nitrogen and oxygen atoms in total. The molecule has 0 fully saturated rings. The molecule has 1 atom stereocenters. The Balaban J connectivity index is 1.96. The molecule has 1 aliphatic rings. The van der Waals surface area contributed by atoms with Gasteiger partial charge in [-0.25, -0.2) is 18.6 Å². The molecule has 9 heteroatoms. The van der Waals surface area contributed by atoms with Gasteiger partial charge in [0.05, 0.1) is 19.1 Å². The molecule has 1 aromatic heterocycles. The second-order valence-electron chi connectivity index (χ2n) is 5.49. The van der Waals surface area contributed by atoms with Crippen molar-refractivity contribution in [3.63, 3.8) is 0 Å². The van der Waals surface area contributed by atoms with Gasteiger partial charge in [-0.05, 0) is 6.07 Å². The normalized spacial score (nSPS) is 16.3. The van der Waals surface area contributed by atoms with E-state index in [1.807, 2.05) is 0 Å². The van der Waals surface area contributed by atoms with Crippen LogP contribution in [0.2, 0.25) is 0 Å². The van der Waals surface area contributed by atoms with Crippen LogP contribution in [0, 0.1) is 11.6 Å². The highest BCUT2D eigenvalue weighted by Crippen LogP contribution is 2.35. The lowest BCUT2D eigenvalue weighted by atomic mass is 9.95. The summed E-state index contributed by atoms with van der Waals surface area (Å²) in [4.78, 5) is 32.2. The number of hydrogen-bond acceptors (Lipinski definition) is 4. The number of urea groups is 1. The predicted molar refractivity (Wildman–Crippen MR) is 82.6 cm³/mol. The van der Waals surface area contributed by atoms with E-state index in [1.165, 1.54) is 30.5 Å². The Bertz CT molecular complexity index is 808. The highest BCUT2D eigenvalue weighted by atomic mass is 19.2. The number of carbonyl (C=O) groups is 2. The van der Waals surface area contributed by atoms with Gasteiger partial charge in [-0.1, -0.05) is 12.1 Å². The maximum atomic E-state index is 14.3. The van der Waals surface area contributed by atoms with Crippen molar-refractivity contribution < 1.29 is 23.1 Å². The second-order valence-corrected chi connectivity index (χ2v) is 5.49. The summed E-state index contributed by atoms with van der Waals surface area (Å²) >= 11 is 0. The number of aromatic amines is 1. The number of fused-ring (bicyclic) bond motifs is 1. The lowest BCUT2D eigenvalue weighted by Gasteiger charge is -2.35. The van der Waals surface area contributed by atoms with Crippen LogP contribution in [0.25, 0.3) is 0 Å². The molecule has 2 amide bonds. The lowest BCUT2D eigenvalue weighted by Crippen LogP contribution is -2.47. The zero-order valence-corrected chi connectivity index (χ0v) is 13.4. The number of benzene rings is 1. The predicted octanol–water partition coefficient (Wildman–Crippen LogP) is 1.52. The average molecular weight is 350 g/mol. The van der Waals surface area contributed by atoms with Crippen LogP contribution < -0.4 is 5.32 Å². The van der Waals surface area contributed by atoms with E-state index in [0.29, 0.717) is 12.1 Å². The minimum absolute atomic E-state index is 0.00117. The van der Waals surface area contributed by atoms with Gasteiger partial charge >= 0.3 is 12.0 Å². The number of amides is 2. The van der Waals surface area contributed by atoms with Crippen LogP contribution >= 0.6 is 0 Å². The Labute approximate surface area is 142 Å². The summed E-state index contributed by atoms with van der Waals surface area (Å²) in [6.45, 7) is -0.0690. The van der Waals surface area contributed by atoms with Crippen molar-refractivity contribution in [3.05, 3.63) is 53.1 Å². The van der Waals surface area contributed by atoms with Crippen molar-refractivity contribution in [1.29, 1.82) is 0 Å². The first-order valence-electron chi connectivity index (χ1n) is 7.60. The molecule has 132 valence electrons. The molecule has 2 N–H and O–H groups in total. The monoisotopic (exact) mass is 350 g/mol. The number of nitrogens with one attached hydrogen (secondary N) is 2. The molecule has 0 saturated carbocycles. The van der Waals surface area contributed by atoms with Gasteiger partial charge < -0.3 is 19.9 Å². The van der Waals surface area contributed by atoms with E-state index in [4.69, 9.17) is 0 Å². The highest BCUT2D eigenvalue weighted by Gasteiger charge is 2.36. The number of methoxy groups -OCH3 is 1. The molecule has 0 radical (unpaired) electrons. The molecule has 0 aliphatic carbocycles. The van der Waals surface area contributed by atoms with Crippen LogP contribution in [0.3, 0.4) is 0 Å². The number of nitrogens with zero attached hydrogens (tertiary/aromatic N) is 2. The van der Waals surface area contributed by atoms with E-state index in [1.54, 1.807) is 0 Å². The van der Waals surface area contributed by atoms with E-state index in [-0.39, 0.29) is 18.7 Å². The Morgan fingerprint density at radius 3 is 3.00 bits per heavy atom. The lowest BCUT2D eigenvalue weighted by molar-refractivity contribution is -0.139. The van der Waals surface area contributed by atoms with Crippen LogP contribution in [0.5, 0.6) is 0 Å². The maximum Gasteiger partial charge on any atom is 0.325 e. The second kappa shape index (κ2) is 6.88. The van der Waals surface area contributed by atoms with E-state index >= 15 is 0 Å². The topological polar surface area (TPSA) is 87.3 Å². The molecule has 0 unspecified atom stereocenters. The van der Waals surface area contributed by atoms with Gasteiger partial charge in [0.2, 0.25) is 0 Å². The molecule has 0 bridgehead atoms. The fourth-order valence-electron chi connectivity index (χ4n) is 2.86. The maximum absolute atomic E-state index is 14.3. The Morgan fingerprint density at radius 2 is 2.24 bits per heavy atom. The summed E-state index contributed by atoms with van der Waals surface area (Å²) < 4.78 is 32.5. The molecular weight excluding hydrogens is 334 g/mol. The average Bonchev–Trinajstić information content (AvgIpc) is 3.09. The van der Waals surface area contributed by atoms with Crippen LogP contribution in [-0.2, 0) is 16.0 Å². The standard InChI is InChI=1S/C16H16F2N4O3/c1-25-12(23)7-19-16(24)22-6-5-11-14(21-8-20-11)15(22)9-3-2-4-10(17)13(9)18/h2-4,8,15H,5-7H2,1H3,(H,19,24)(H,20,21)/t15-/m1/s1. The van der Waals surface area contributed by atoms with Crippen LogP contribution in [-0.4, -0.2) is 47.1 Å². The van der Waals surface area contributed by atoms with Gasteiger partial charge in [0.1, 0.15) is 12.6 Å². The van der Waals surface area contributed by atoms with Crippen molar-refractivity contribution in [2.45, 2.75) is 12.5 Å². The number of carbonyl (C=O) groups excluding carboxylic acids is 2. The van der Waals surface area contributed by atoms with Gasteiger partial charge in [-0.3, -0.25) is 4.79 Å². The summed E-state index contributed by atoms with van der Waals surface area (Å²) in [6.07, 6.45) is 1.93. The Hall–Kier alpha value is -2.97. The highest BCUT2D eigenvalue weighted by molar-refractivity contribution is 5.81. The number of halogens is 2. The minimum atomic E-state index is -1.03. The number of H-pyrrole nitrogens is 1. The van der Waals surface area contributed by atoms with E-state index in [0.717, 1.165) is 11.8 Å². The fraction of sp³-hybridized carbons (Fsp3) is 0.312. The van der Waals surface area contributed by atoms with E-state index in [9.17, 15) is 18.4 Å². The molecule has 3 rings (SSSR count). The van der Waals surface area contributed by atoms with Crippen molar-refractivity contribution >= 4 is 12.0 Å². The number of aromatic nitrogens is 2. The van der Waals surface area contributed by atoms with Crippen molar-refractivity contribution in [3.8, 4) is 0 Å². The zero-order valence-electron chi connectivity index (χ0n) is 13.4. The Kier molecular flexibility index (Phi) is 4.64. The van der Waals surface area contributed by atoms with Crippen LogP contribution in [0.15, 0.2) is 24.5 Å². The number of ether oxygens (including phenoxy) is 1. The van der Waals surface area contributed by atoms with Crippen LogP contribution in [0.1, 0.15) is 23.0 Å². The van der Waals surface area contributed by atoms with Gasteiger partial charge in [0, 0.05) is 24.2 Å². The number of imidazole rings is 1. The van der Waals surface area contributed by atoms with Gasteiger partial charge in [0.15, 0.2) is 11.6 Å². The minimum Gasteiger partial charge on any atom is -0.468 e. The molecule has 1 aromatic carbocycles. The van der Waals surface area contributed by atoms with Crippen molar-refractivity contribution in [2.24, 2.45) is 0 Å². The number of hydrogen-bond donors (Lipinski definition) is 2. The fourth-order valence-corrected chi connectivity index (χ4v) is 2.86. The van der Waals surface area contributed by atoms with E-state index < -0.39 is 29.7 Å². The first-order chi connectivity index (χ1) is 12.0. The van der Waals surface area contributed by atoms with E-state index in [2.05, 4.69) is 20.0 Å². The third-order valence-electron chi connectivity index (χ3n) is 4.07. The third kappa shape index (κ3) is 3.17. The molecule has 25 heavy (non-hydrogen) atoms. The summed E-state index contributed by atoms with van der Waals surface area (Å²) in [6, 6.07) is 2.30. The van der Waals surface area contributed by atoms with Gasteiger partial charge in [0.25, 0.3) is 0 Å². The summed E-state index contributed by atoms with van der Waals surface area (Å²) in [7, 11) is 1.20. The first kappa shape index (κ1) is 16.9.